The molecule has 2 atom stereocenters. The molecule has 2 unspecified atom stereocenters. The van der Waals surface area contributed by atoms with Crippen LogP contribution >= 0.6 is 0 Å². The van der Waals surface area contributed by atoms with Crippen molar-refractivity contribution >= 4 is 5.57 Å². The van der Waals surface area contributed by atoms with Gasteiger partial charge in [0.15, 0.2) is 11.5 Å². The van der Waals surface area contributed by atoms with E-state index in [1.165, 1.54) is 0 Å². The molecule has 4 nitrogen and oxygen atoms in total. The van der Waals surface area contributed by atoms with Crippen LogP contribution in [0.15, 0.2) is 36.9 Å². The molecule has 0 heterocycles. The van der Waals surface area contributed by atoms with Crippen LogP contribution in [0.4, 0.5) is 0 Å². The standard InChI is InChI=1S/C17H24O4/c1-7-12(16(20-5)14(8-2)18-3)13-10-9-11-15(19-4)17(13)21-6/h7-11,14,16H,2H2,1,3-6H3. The minimum absolute atomic E-state index is 0.253. The van der Waals surface area contributed by atoms with Gasteiger partial charge >= 0.3 is 0 Å². The Hall–Kier alpha value is -1.78. The summed E-state index contributed by atoms with van der Waals surface area (Å²) in [6.45, 7) is 5.75. The largest absolute Gasteiger partial charge is 0.493 e. The molecule has 1 aromatic carbocycles. The highest BCUT2D eigenvalue weighted by Gasteiger charge is 2.26. The number of methoxy groups -OCH3 is 4. The summed E-state index contributed by atoms with van der Waals surface area (Å²) in [4.78, 5) is 0. The molecular weight excluding hydrogens is 268 g/mol. The zero-order valence-electron chi connectivity index (χ0n) is 13.4. The summed E-state index contributed by atoms with van der Waals surface area (Å²) in [6.07, 6.45) is 3.18. The Morgan fingerprint density at radius 2 is 1.81 bits per heavy atom. The van der Waals surface area contributed by atoms with E-state index in [9.17, 15) is 0 Å². The van der Waals surface area contributed by atoms with Gasteiger partial charge in [-0.05, 0) is 18.6 Å². The Kier molecular flexibility index (Phi) is 6.99. The van der Waals surface area contributed by atoms with E-state index in [4.69, 9.17) is 18.9 Å². The maximum Gasteiger partial charge on any atom is 0.168 e. The molecule has 0 radical (unpaired) electrons. The molecule has 0 aliphatic carbocycles. The van der Waals surface area contributed by atoms with E-state index in [1.54, 1.807) is 34.5 Å². The van der Waals surface area contributed by atoms with E-state index >= 15 is 0 Å². The quantitative estimate of drug-likeness (QED) is 0.689. The Labute approximate surface area is 127 Å². The van der Waals surface area contributed by atoms with Crippen LogP contribution in [0.2, 0.25) is 0 Å². The van der Waals surface area contributed by atoms with Crippen LogP contribution in [-0.2, 0) is 9.47 Å². The van der Waals surface area contributed by atoms with Gasteiger partial charge in [-0.2, -0.15) is 0 Å². The molecule has 1 rings (SSSR count). The number of benzene rings is 1. The first-order valence-electron chi connectivity index (χ1n) is 6.74. The van der Waals surface area contributed by atoms with Crippen molar-refractivity contribution in [2.45, 2.75) is 19.1 Å². The van der Waals surface area contributed by atoms with Gasteiger partial charge in [0.05, 0.1) is 14.2 Å². The van der Waals surface area contributed by atoms with E-state index in [0.29, 0.717) is 11.5 Å². The molecule has 4 heteroatoms. The van der Waals surface area contributed by atoms with Crippen LogP contribution in [0.5, 0.6) is 11.5 Å². The van der Waals surface area contributed by atoms with Crippen molar-refractivity contribution in [3.63, 3.8) is 0 Å². The smallest absolute Gasteiger partial charge is 0.168 e. The maximum absolute atomic E-state index is 5.61. The Morgan fingerprint density at radius 1 is 1.10 bits per heavy atom. The number of allylic oxidation sites excluding steroid dienone is 1. The van der Waals surface area contributed by atoms with Crippen LogP contribution in [0, 0.1) is 0 Å². The third-order valence-corrected chi connectivity index (χ3v) is 3.39. The molecule has 0 spiro atoms. The van der Waals surface area contributed by atoms with Crippen molar-refractivity contribution in [3.8, 4) is 11.5 Å². The molecule has 21 heavy (non-hydrogen) atoms. The van der Waals surface area contributed by atoms with Gasteiger partial charge in [0.1, 0.15) is 12.2 Å². The summed E-state index contributed by atoms with van der Waals surface area (Å²) in [7, 11) is 6.52. The van der Waals surface area contributed by atoms with E-state index in [0.717, 1.165) is 11.1 Å². The zero-order valence-corrected chi connectivity index (χ0v) is 13.4. The van der Waals surface area contributed by atoms with Crippen LogP contribution in [0.25, 0.3) is 5.57 Å². The number of para-hydroxylation sites is 1. The third-order valence-electron chi connectivity index (χ3n) is 3.39. The molecule has 0 aliphatic heterocycles. The summed E-state index contributed by atoms with van der Waals surface area (Å²) < 4.78 is 21.9. The highest BCUT2D eigenvalue weighted by molar-refractivity contribution is 5.76. The lowest BCUT2D eigenvalue weighted by atomic mass is 9.95. The molecule has 0 bridgehead atoms. The summed E-state index contributed by atoms with van der Waals surface area (Å²) >= 11 is 0. The monoisotopic (exact) mass is 292 g/mol. The first-order chi connectivity index (χ1) is 10.2. The van der Waals surface area contributed by atoms with E-state index in [2.05, 4.69) is 6.58 Å². The minimum Gasteiger partial charge on any atom is -0.493 e. The van der Waals surface area contributed by atoms with Crippen molar-refractivity contribution < 1.29 is 18.9 Å². The van der Waals surface area contributed by atoms with Crippen LogP contribution in [-0.4, -0.2) is 40.6 Å². The van der Waals surface area contributed by atoms with Gasteiger partial charge in [0.25, 0.3) is 0 Å². The van der Waals surface area contributed by atoms with E-state index in [-0.39, 0.29) is 12.2 Å². The number of hydrogen-bond acceptors (Lipinski definition) is 4. The molecule has 0 saturated carbocycles. The second-order valence-electron chi connectivity index (χ2n) is 4.38. The second kappa shape index (κ2) is 8.49. The van der Waals surface area contributed by atoms with Crippen LogP contribution in [0.1, 0.15) is 12.5 Å². The lowest BCUT2D eigenvalue weighted by molar-refractivity contribution is 0.0205. The molecular formula is C17H24O4. The minimum atomic E-state index is -0.279. The average molecular weight is 292 g/mol. The first kappa shape index (κ1) is 17.3. The van der Waals surface area contributed by atoms with Gasteiger partial charge in [-0.15, -0.1) is 6.58 Å². The summed E-state index contributed by atoms with van der Waals surface area (Å²) in [5.74, 6) is 1.35. The molecule has 0 aromatic heterocycles. The SMILES string of the molecule is C=CC(OC)C(OC)C(=CC)c1cccc(OC)c1OC. The van der Waals surface area contributed by atoms with Crippen molar-refractivity contribution in [2.75, 3.05) is 28.4 Å². The molecule has 0 saturated heterocycles. The summed E-state index contributed by atoms with van der Waals surface area (Å²) in [6, 6.07) is 5.75. The predicted molar refractivity (Wildman–Crippen MR) is 85.0 cm³/mol. The lowest BCUT2D eigenvalue weighted by Crippen LogP contribution is -2.29. The topological polar surface area (TPSA) is 36.9 Å². The second-order valence-corrected chi connectivity index (χ2v) is 4.38. The van der Waals surface area contributed by atoms with Crippen molar-refractivity contribution in [1.82, 2.24) is 0 Å². The van der Waals surface area contributed by atoms with Crippen LogP contribution in [0.3, 0.4) is 0 Å². The highest BCUT2D eigenvalue weighted by Crippen LogP contribution is 2.37. The Morgan fingerprint density at radius 3 is 2.24 bits per heavy atom. The maximum atomic E-state index is 5.61. The Bertz CT molecular complexity index is 494. The fraction of sp³-hybridized carbons (Fsp3) is 0.412. The van der Waals surface area contributed by atoms with Gasteiger partial charge in [-0.3, -0.25) is 0 Å². The number of ether oxygens (including phenoxy) is 4. The highest BCUT2D eigenvalue weighted by atomic mass is 16.5. The van der Waals surface area contributed by atoms with Crippen molar-refractivity contribution in [3.05, 3.63) is 42.5 Å². The van der Waals surface area contributed by atoms with E-state index in [1.807, 2.05) is 31.2 Å². The fourth-order valence-electron chi connectivity index (χ4n) is 2.37. The van der Waals surface area contributed by atoms with Gasteiger partial charge < -0.3 is 18.9 Å². The summed E-state index contributed by atoms with van der Waals surface area (Å²) in [5.41, 5.74) is 1.87. The molecule has 0 N–H and O–H groups in total. The number of hydrogen-bond donors (Lipinski definition) is 0. The lowest BCUT2D eigenvalue weighted by Gasteiger charge is -2.26. The van der Waals surface area contributed by atoms with Gasteiger partial charge in [-0.1, -0.05) is 24.3 Å². The van der Waals surface area contributed by atoms with Crippen molar-refractivity contribution in [2.24, 2.45) is 0 Å². The van der Waals surface area contributed by atoms with Gasteiger partial charge in [0.2, 0.25) is 0 Å². The normalized spacial score (nSPS) is 14.4. The molecule has 116 valence electrons. The zero-order chi connectivity index (χ0) is 15.8. The van der Waals surface area contributed by atoms with Crippen molar-refractivity contribution in [1.29, 1.82) is 0 Å². The summed E-state index contributed by atoms with van der Waals surface area (Å²) in [5, 5.41) is 0. The van der Waals surface area contributed by atoms with E-state index < -0.39 is 0 Å². The fourth-order valence-corrected chi connectivity index (χ4v) is 2.37. The molecule has 0 fully saturated rings. The average Bonchev–Trinajstić information content (AvgIpc) is 2.54. The van der Waals surface area contributed by atoms with Gasteiger partial charge in [0, 0.05) is 19.8 Å². The van der Waals surface area contributed by atoms with Crippen LogP contribution < -0.4 is 9.47 Å². The Balaban J connectivity index is 3.36. The molecule has 0 aliphatic rings. The first-order valence-corrected chi connectivity index (χ1v) is 6.74. The third kappa shape index (κ3) is 3.65. The number of rotatable bonds is 8. The molecule has 0 amide bonds. The predicted octanol–water partition coefficient (Wildman–Crippen LogP) is 3.32. The molecule has 1 aromatic rings. The van der Waals surface area contributed by atoms with Gasteiger partial charge in [-0.25, -0.2) is 0 Å².